The Kier molecular flexibility index (Phi) is 3.79. The van der Waals surface area contributed by atoms with Gasteiger partial charge in [-0.05, 0) is 43.4 Å². The Morgan fingerprint density at radius 3 is 2.65 bits per heavy atom. The Hall–Kier alpha value is -0.540. The molecule has 1 aromatic rings. The molecule has 2 rings (SSSR count). The molecular formula is C14H20BrNO. The predicted octanol–water partition coefficient (Wildman–Crippen LogP) is 3.87. The summed E-state index contributed by atoms with van der Waals surface area (Å²) in [6, 6.07) is 2.19. The Bertz CT molecular complexity index is 427. The zero-order valence-corrected chi connectivity index (χ0v) is 12.3. The first kappa shape index (κ1) is 12.9. The Morgan fingerprint density at radius 1 is 1.47 bits per heavy atom. The van der Waals surface area contributed by atoms with E-state index in [1.165, 1.54) is 24.0 Å². The van der Waals surface area contributed by atoms with Crippen molar-refractivity contribution in [2.45, 2.75) is 39.2 Å². The van der Waals surface area contributed by atoms with Crippen LogP contribution >= 0.6 is 15.9 Å². The number of hydrogen-bond acceptors (Lipinski definition) is 2. The number of hydrogen-bond donors (Lipinski definition) is 1. The fourth-order valence-corrected chi connectivity index (χ4v) is 2.98. The maximum absolute atomic E-state index is 6.35. The minimum atomic E-state index is 0.0913. The number of ether oxygens (including phenoxy) is 1. The van der Waals surface area contributed by atoms with Gasteiger partial charge < -0.3 is 10.5 Å². The molecule has 0 amide bonds. The third-order valence-corrected chi connectivity index (χ3v) is 4.39. The molecule has 2 nitrogen and oxygen atoms in total. The first-order chi connectivity index (χ1) is 8.04. The van der Waals surface area contributed by atoms with Crippen LogP contribution in [-0.4, -0.2) is 7.11 Å². The summed E-state index contributed by atoms with van der Waals surface area (Å²) < 4.78 is 6.66. The summed E-state index contributed by atoms with van der Waals surface area (Å²) >= 11 is 3.60. The van der Waals surface area contributed by atoms with Crippen LogP contribution in [0.4, 0.5) is 0 Å². The Labute approximate surface area is 112 Å². The Balaban J connectivity index is 2.40. The normalized spacial score (nSPS) is 17.0. The topological polar surface area (TPSA) is 35.2 Å². The average Bonchev–Trinajstić information content (AvgIpc) is 3.06. The molecule has 0 radical (unpaired) electrons. The molecule has 2 N–H and O–H groups in total. The molecule has 94 valence electrons. The van der Waals surface area contributed by atoms with E-state index in [1.807, 2.05) is 0 Å². The SMILES string of the molecule is COc1c(C)cc(Br)c(C)c1C(N)CC1CC1. The second-order valence-electron chi connectivity index (χ2n) is 5.03. The molecule has 0 bridgehead atoms. The van der Waals surface area contributed by atoms with E-state index in [0.29, 0.717) is 0 Å². The van der Waals surface area contributed by atoms with Gasteiger partial charge in [0.1, 0.15) is 5.75 Å². The lowest BCUT2D eigenvalue weighted by Gasteiger charge is -2.21. The first-order valence-electron chi connectivity index (χ1n) is 6.13. The highest BCUT2D eigenvalue weighted by molar-refractivity contribution is 9.10. The van der Waals surface area contributed by atoms with Crippen molar-refractivity contribution in [1.29, 1.82) is 0 Å². The summed E-state index contributed by atoms with van der Waals surface area (Å²) in [5.74, 6) is 1.78. The molecule has 1 fully saturated rings. The average molecular weight is 298 g/mol. The summed E-state index contributed by atoms with van der Waals surface area (Å²) in [5.41, 5.74) is 9.88. The van der Waals surface area contributed by atoms with Crippen molar-refractivity contribution in [3.63, 3.8) is 0 Å². The minimum absolute atomic E-state index is 0.0913. The van der Waals surface area contributed by atoms with Gasteiger partial charge in [0.15, 0.2) is 0 Å². The summed E-state index contributed by atoms with van der Waals surface area (Å²) in [4.78, 5) is 0. The number of aryl methyl sites for hydroxylation is 1. The number of methoxy groups -OCH3 is 1. The van der Waals surface area contributed by atoms with Crippen LogP contribution < -0.4 is 10.5 Å². The largest absolute Gasteiger partial charge is 0.496 e. The van der Waals surface area contributed by atoms with Gasteiger partial charge in [-0.3, -0.25) is 0 Å². The summed E-state index contributed by atoms with van der Waals surface area (Å²) in [6.45, 7) is 4.17. The minimum Gasteiger partial charge on any atom is -0.496 e. The zero-order chi connectivity index (χ0) is 12.6. The lowest BCUT2D eigenvalue weighted by atomic mass is 9.94. The van der Waals surface area contributed by atoms with Gasteiger partial charge in [-0.25, -0.2) is 0 Å². The third kappa shape index (κ3) is 2.66. The molecule has 1 unspecified atom stereocenters. The van der Waals surface area contributed by atoms with E-state index >= 15 is 0 Å². The van der Waals surface area contributed by atoms with Crippen LogP contribution in [0.1, 0.15) is 42.0 Å². The summed E-state index contributed by atoms with van der Waals surface area (Å²) in [7, 11) is 1.73. The van der Waals surface area contributed by atoms with Gasteiger partial charge in [0, 0.05) is 16.1 Å². The van der Waals surface area contributed by atoms with E-state index in [-0.39, 0.29) is 6.04 Å². The van der Waals surface area contributed by atoms with E-state index in [2.05, 4.69) is 35.8 Å². The maximum atomic E-state index is 6.35. The predicted molar refractivity (Wildman–Crippen MR) is 74.4 cm³/mol. The standard InChI is InChI=1S/C14H20BrNO/c1-8-6-11(15)9(2)13(14(8)17-3)12(16)7-10-4-5-10/h6,10,12H,4-5,7,16H2,1-3H3. The first-order valence-corrected chi connectivity index (χ1v) is 6.93. The lowest BCUT2D eigenvalue weighted by molar-refractivity contribution is 0.399. The van der Waals surface area contributed by atoms with Crippen LogP contribution in [0.5, 0.6) is 5.75 Å². The van der Waals surface area contributed by atoms with Gasteiger partial charge in [0.2, 0.25) is 0 Å². The van der Waals surface area contributed by atoms with Gasteiger partial charge in [-0.15, -0.1) is 0 Å². The molecule has 1 saturated carbocycles. The Morgan fingerprint density at radius 2 is 2.12 bits per heavy atom. The van der Waals surface area contributed by atoms with Crippen LogP contribution in [0.3, 0.4) is 0 Å². The van der Waals surface area contributed by atoms with Crippen LogP contribution in [0.25, 0.3) is 0 Å². The summed E-state index contributed by atoms with van der Waals surface area (Å²) in [6.07, 6.45) is 3.75. The van der Waals surface area contributed by atoms with Crippen molar-refractivity contribution in [1.82, 2.24) is 0 Å². The molecule has 0 aliphatic heterocycles. The highest BCUT2D eigenvalue weighted by Gasteiger charge is 2.27. The van der Waals surface area contributed by atoms with E-state index < -0.39 is 0 Å². The van der Waals surface area contributed by atoms with Gasteiger partial charge >= 0.3 is 0 Å². The summed E-state index contributed by atoms with van der Waals surface area (Å²) in [5, 5.41) is 0. The van der Waals surface area contributed by atoms with Crippen LogP contribution in [-0.2, 0) is 0 Å². The van der Waals surface area contributed by atoms with E-state index in [4.69, 9.17) is 10.5 Å². The van der Waals surface area contributed by atoms with Crippen molar-refractivity contribution >= 4 is 15.9 Å². The number of halogens is 1. The quantitative estimate of drug-likeness (QED) is 0.915. The highest BCUT2D eigenvalue weighted by atomic mass is 79.9. The zero-order valence-electron chi connectivity index (χ0n) is 10.7. The monoisotopic (exact) mass is 297 g/mol. The van der Waals surface area contributed by atoms with Crippen molar-refractivity contribution in [2.24, 2.45) is 11.7 Å². The van der Waals surface area contributed by atoms with Crippen LogP contribution in [0.15, 0.2) is 10.5 Å². The number of benzene rings is 1. The molecule has 1 atom stereocenters. The van der Waals surface area contributed by atoms with Crippen molar-refractivity contribution in [3.8, 4) is 5.75 Å². The molecule has 1 aliphatic rings. The van der Waals surface area contributed by atoms with E-state index in [0.717, 1.165) is 28.1 Å². The molecule has 1 aliphatic carbocycles. The van der Waals surface area contributed by atoms with Crippen LogP contribution in [0, 0.1) is 19.8 Å². The third-order valence-electron chi connectivity index (χ3n) is 3.57. The van der Waals surface area contributed by atoms with Crippen LogP contribution in [0.2, 0.25) is 0 Å². The van der Waals surface area contributed by atoms with Crippen molar-refractivity contribution in [3.05, 3.63) is 27.2 Å². The van der Waals surface area contributed by atoms with Crippen molar-refractivity contribution < 1.29 is 4.74 Å². The smallest absolute Gasteiger partial charge is 0.126 e. The van der Waals surface area contributed by atoms with E-state index in [1.54, 1.807) is 7.11 Å². The lowest BCUT2D eigenvalue weighted by Crippen LogP contribution is -2.15. The molecular weight excluding hydrogens is 278 g/mol. The molecule has 1 aromatic carbocycles. The fraction of sp³-hybridized carbons (Fsp3) is 0.571. The molecule has 0 saturated heterocycles. The number of nitrogens with two attached hydrogens (primary N) is 1. The van der Waals surface area contributed by atoms with Gasteiger partial charge in [-0.1, -0.05) is 28.8 Å². The van der Waals surface area contributed by atoms with Gasteiger partial charge in [0.05, 0.1) is 7.11 Å². The maximum Gasteiger partial charge on any atom is 0.126 e. The van der Waals surface area contributed by atoms with E-state index in [9.17, 15) is 0 Å². The highest BCUT2D eigenvalue weighted by Crippen LogP contribution is 2.42. The second kappa shape index (κ2) is 4.99. The molecule has 0 spiro atoms. The molecule has 17 heavy (non-hydrogen) atoms. The number of rotatable bonds is 4. The molecule has 3 heteroatoms. The van der Waals surface area contributed by atoms with Crippen molar-refractivity contribution in [2.75, 3.05) is 7.11 Å². The second-order valence-corrected chi connectivity index (χ2v) is 5.89. The molecule has 0 aromatic heterocycles. The van der Waals surface area contributed by atoms with Gasteiger partial charge in [0.25, 0.3) is 0 Å². The molecule has 0 heterocycles. The fourth-order valence-electron chi connectivity index (χ4n) is 2.42. The van der Waals surface area contributed by atoms with Gasteiger partial charge in [-0.2, -0.15) is 0 Å².